The van der Waals surface area contributed by atoms with E-state index in [0.29, 0.717) is 35.3 Å². The Morgan fingerprint density at radius 1 is 1.17 bits per heavy atom. The number of piperidine rings is 1. The first-order valence-electron chi connectivity index (χ1n) is 9.47. The number of sulfonamides is 1. The number of hydrogen-bond acceptors (Lipinski definition) is 4. The monoisotopic (exact) mass is 452 g/mol. The average molecular weight is 453 g/mol. The highest BCUT2D eigenvalue weighted by Gasteiger charge is 2.25. The molecule has 0 saturated carbocycles. The SMILES string of the molecule is CSc1ccc(S(=O)(=O)Nc2cc(Cl)ccc2C)cc1C(=O)N1CCC(C)CC1. The minimum atomic E-state index is -3.86. The molecule has 0 aliphatic carbocycles. The zero-order chi connectivity index (χ0) is 21.2. The lowest BCUT2D eigenvalue weighted by Crippen LogP contribution is -2.38. The number of hydrogen-bond donors (Lipinski definition) is 1. The van der Waals surface area contributed by atoms with Crippen LogP contribution in [0.25, 0.3) is 0 Å². The van der Waals surface area contributed by atoms with E-state index in [1.54, 1.807) is 31.2 Å². The van der Waals surface area contributed by atoms with Gasteiger partial charge in [-0.2, -0.15) is 0 Å². The van der Waals surface area contributed by atoms with Gasteiger partial charge in [0, 0.05) is 23.0 Å². The Balaban J connectivity index is 1.93. The molecule has 1 heterocycles. The number of nitrogens with one attached hydrogen (secondary N) is 1. The molecule has 1 fully saturated rings. The fourth-order valence-corrected chi connectivity index (χ4v) is 5.20. The summed E-state index contributed by atoms with van der Waals surface area (Å²) in [4.78, 5) is 15.8. The molecule has 2 aromatic carbocycles. The molecule has 0 spiro atoms. The summed E-state index contributed by atoms with van der Waals surface area (Å²) in [5.41, 5.74) is 1.61. The highest BCUT2D eigenvalue weighted by Crippen LogP contribution is 2.29. The van der Waals surface area contributed by atoms with Crippen LogP contribution >= 0.6 is 23.4 Å². The van der Waals surface area contributed by atoms with E-state index >= 15 is 0 Å². The lowest BCUT2D eigenvalue weighted by Gasteiger charge is -2.30. The molecule has 156 valence electrons. The maximum atomic E-state index is 13.1. The lowest BCUT2D eigenvalue weighted by atomic mass is 9.98. The Morgan fingerprint density at radius 2 is 1.86 bits per heavy atom. The Hall–Kier alpha value is -1.70. The number of thioether (sulfide) groups is 1. The molecule has 0 atom stereocenters. The number of carbonyl (C=O) groups is 1. The number of likely N-dealkylation sites (tertiary alicyclic amines) is 1. The van der Waals surface area contributed by atoms with Crippen LogP contribution in [0.4, 0.5) is 5.69 Å². The van der Waals surface area contributed by atoms with Crippen LogP contribution in [0.1, 0.15) is 35.7 Å². The van der Waals surface area contributed by atoms with Crippen LogP contribution in [0.3, 0.4) is 0 Å². The van der Waals surface area contributed by atoms with Gasteiger partial charge >= 0.3 is 0 Å². The maximum Gasteiger partial charge on any atom is 0.261 e. The quantitative estimate of drug-likeness (QED) is 0.645. The molecule has 0 unspecified atom stereocenters. The van der Waals surface area contributed by atoms with Gasteiger partial charge in [-0.05, 0) is 67.8 Å². The van der Waals surface area contributed by atoms with E-state index in [1.165, 1.54) is 23.9 Å². The molecule has 5 nitrogen and oxygen atoms in total. The van der Waals surface area contributed by atoms with Gasteiger partial charge in [0.15, 0.2) is 0 Å². The number of nitrogens with zero attached hydrogens (tertiary/aromatic N) is 1. The van der Waals surface area contributed by atoms with Crippen LogP contribution in [0, 0.1) is 12.8 Å². The van der Waals surface area contributed by atoms with Crippen molar-refractivity contribution in [2.45, 2.75) is 36.5 Å². The summed E-state index contributed by atoms with van der Waals surface area (Å²) < 4.78 is 28.5. The Bertz CT molecular complexity index is 1020. The summed E-state index contributed by atoms with van der Waals surface area (Å²) in [7, 11) is -3.86. The van der Waals surface area contributed by atoms with Gasteiger partial charge in [-0.25, -0.2) is 8.42 Å². The van der Waals surface area contributed by atoms with E-state index in [9.17, 15) is 13.2 Å². The van der Waals surface area contributed by atoms with Crippen LogP contribution in [-0.4, -0.2) is 38.6 Å². The molecule has 1 saturated heterocycles. The van der Waals surface area contributed by atoms with Crippen molar-refractivity contribution in [1.29, 1.82) is 0 Å². The number of anilines is 1. The molecule has 0 radical (unpaired) electrons. The number of benzene rings is 2. The minimum absolute atomic E-state index is 0.0587. The second kappa shape index (κ2) is 8.98. The topological polar surface area (TPSA) is 66.5 Å². The van der Waals surface area contributed by atoms with Crippen LogP contribution in [-0.2, 0) is 10.0 Å². The van der Waals surface area contributed by atoms with E-state index in [-0.39, 0.29) is 10.8 Å². The van der Waals surface area contributed by atoms with Gasteiger partial charge in [-0.3, -0.25) is 9.52 Å². The van der Waals surface area contributed by atoms with Crippen LogP contribution in [0.5, 0.6) is 0 Å². The molecule has 8 heteroatoms. The fraction of sp³-hybridized carbons (Fsp3) is 0.381. The van der Waals surface area contributed by atoms with E-state index in [4.69, 9.17) is 11.6 Å². The first-order chi connectivity index (χ1) is 13.7. The molecule has 1 aliphatic heterocycles. The van der Waals surface area contributed by atoms with Crippen molar-refractivity contribution in [3.63, 3.8) is 0 Å². The number of carbonyl (C=O) groups excluding carboxylic acids is 1. The zero-order valence-corrected chi connectivity index (χ0v) is 19.1. The van der Waals surface area contributed by atoms with Gasteiger partial charge in [0.1, 0.15) is 0 Å². The molecule has 0 aromatic heterocycles. The molecule has 1 N–H and O–H groups in total. The highest BCUT2D eigenvalue weighted by molar-refractivity contribution is 7.98. The molecule has 3 rings (SSSR count). The van der Waals surface area contributed by atoms with Gasteiger partial charge in [-0.1, -0.05) is 24.6 Å². The van der Waals surface area contributed by atoms with E-state index in [1.807, 2.05) is 11.2 Å². The third-order valence-electron chi connectivity index (χ3n) is 5.23. The molecule has 29 heavy (non-hydrogen) atoms. The number of amides is 1. The molecule has 1 amide bonds. The normalized spacial score (nSPS) is 15.4. The van der Waals surface area contributed by atoms with Gasteiger partial charge in [0.25, 0.3) is 15.9 Å². The van der Waals surface area contributed by atoms with Crippen LogP contribution in [0.2, 0.25) is 5.02 Å². The fourth-order valence-electron chi connectivity index (χ4n) is 3.31. The van der Waals surface area contributed by atoms with Crippen molar-refractivity contribution < 1.29 is 13.2 Å². The summed E-state index contributed by atoms with van der Waals surface area (Å²) in [6.07, 6.45) is 3.81. The summed E-state index contributed by atoms with van der Waals surface area (Å²) in [6, 6.07) is 9.74. The predicted octanol–water partition coefficient (Wildman–Crippen LogP) is 5.04. The molecule has 2 aromatic rings. The highest BCUT2D eigenvalue weighted by atomic mass is 35.5. The summed E-state index contributed by atoms with van der Waals surface area (Å²) >= 11 is 7.44. The summed E-state index contributed by atoms with van der Waals surface area (Å²) in [5.74, 6) is 0.494. The van der Waals surface area contributed by atoms with Crippen molar-refractivity contribution >= 4 is 45.0 Å². The standard InChI is InChI=1S/C21H25ClN2O3S2/c1-14-8-10-24(11-9-14)21(25)18-13-17(6-7-20(18)28-3)29(26,27)23-19-12-16(22)5-4-15(19)2/h4-7,12-14,23H,8-11H2,1-3H3. The van der Waals surface area contributed by atoms with Crippen molar-refractivity contribution in [3.05, 3.63) is 52.5 Å². The van der Waals surface area contributed by atoms with E-state index < -0.39 is 10.0 Å². The number of aryl methyl sites for hydroxylation is 1. The van der Waals surface area contributed by atoms with Gasteiger partial charge < -0.3 is 4.90 Å². The molecule has 0 bridgehead atoms. The third-order valence-corrected chi connectivity index (χ3v) is 7.62. The first kappa shape index (κ1) is 22.0. The van der Waals surface area contributed by atoms with Crippen molar-refractivity contribution in [2.24, 2.45) is 5.92 Å². The lowest BCUT2D eigenvalue weighted by molar-refractivity contribution is 0.0693. The van der Waals surface area contributed by atoms with Crippen molar-refractivity contribution in [1.82, 2.24) is 4.90 Å². The van der Waals surface area contributed by atoms with Gasteiger partial charge in [0.2, 0.25) is 0 Å². The van der Waals surface area contributed by atoms with Crippen molar-refractivity contribution in [3.8, 4) is 0 Å². The second-order valence-electron chi connectivity index (χ2n) is 7.40. The Labute approximate surface area is 181 Å². The zero-order valence-electron chi connectivity index (χ0n) is 16.7. The van der Waals surface area contributed by atoms with Crippen LogP contribution in [0.15, 0.2) is 46.2 Å². The molecular weight excluding hydrogens is 428 g/mol. The number of halogens is 1. The number of rotatable bonds is 5. The molecular formula is C21H25ClN2O3S2. The van der Waals surface area contributed by atoms with Crippen molar-refractivity contribution in [2.75, 3.05) is 24.1 Å². The van der Waals surface area contributed by atoms with E-state index in [0.717, 1.165) is 23.3 Å². The maximum absolute atomic E-state index is 13.1. The first-order valence-corrected chi connectivity index (χ1v) is 12.6. The average Bonchev–Trinajstić information content (AvgIpc) is 2.70. The third kappa shape index (κ3) is 5.08. The smallest absolute Gasteiger partial charge is 0.261 e. The van der Waals surface area contributed by atoms with Crippen LogP contribution < -0.4 is 4.72 Å². The van der Waals surface area contributed by atoms with Gasteiger partial charge in [0.05, 0.1) is 16.1 Å². The minimum Gasteiger partial charge on any atom is -0.339 e. The Kier molecular flexibility index (Phi) is 6.81. The summed E-state index contributed by atoms with van der Waals surface area (Å²) in [6.45, 7) is 5.39. The summed E-state index contributed by atoms with van der Waals surface area (Å²) in [5, 5.41) is 0.446. The second-order valence-corrected chi connectivity index (χ2v) is 10.4. The molecule has 1 aliphatic rings. The Morgan fingerprint density at radius 3 is 2.52 bits per heavy atom. The largest absolute Gasteiger partial charge is 0.339 e. The van der Waals surface area contributed by atoms with E-state index in [2.05, 4.69) is 11.6 Å². The predicted molar refractivity (Wildman–Crippen MR) is 120 cm³/mol. The van der Waals surface area contributed by atoms with Gasteiger partial charge in [-0.15, -0.1) is 11.8 Å².